The molecule has 4 heteroatoms. The van der Waals surface area contributed by atoms with E-state index < -0.39 is 0 Å². The predicted octanol–water partition coefficient (Wildman–Crippen LogP) is 3.58. The first-order chi connectivity index (χ1) is 11.1. The van der Waals surface area contributed by atoms with Crippen LogP contribution < -0.4 is 4.74 Å². The van der Waals surface area contributed by atoms with Crippen molar-refractivity contribution < 1.29 is 19.1 Å². The van der Waals surface area contributed by atoms with Gasteiger partial charge in [0.15, 0.2) is 0 Å². The first-order valence-electron chi connectivity index (χ1n) is 8.31. The molecule has 0 saturated heterocycles. The van der Waals surface area contributed by atoms with Gasteiger partial charge < -0.3 is 14.3 Å². The Labute approximate surface area is 138 Å². The van der Waals surface area contributed by atoms with Crippen molar-refractivity contribution in [3.05, 3.63) is 29.3 Å². The zero-order chi connectivity index (χ0) is 16.9. The molecule has 1 aromatic rings. The molecule has 0 radical (unpaired) electrons. The zero-order valence-corrected chi connectivity index (χ0v) is 14.3. The van der Waals surface area contributed by atoms with Crippen molar-refractivity contribution in [2.75, 3.05) is 13.7 Å². The number of carbonyl (C=O) groups is 2. The van der Waals surface area contributed by atoms with Gasteiger partial charge in [0.25, 0.3) is 0 Å². The summed E-state index contributed by atoms with van der Waals surface area (Å²) in [5, 5.41) is 0. The van der Waals surface area contributed by atoms with E-state index in [1.54, 1.807) is 7.11 Å². The van der Waals surface area contributed by atoms with Gasteiger partial charge in [0, 0.05) is 11.8 Å². The van der Waals surface area contributed by atoms with Gasteiger partial charge in [-0.1, -0.05) is 12.1 Å². The Hall–Kier alpha value is -1.84. The Bertz CT molecular complexity index is 556. The van der Waals surface area contributed by atoms with Crippen molar-refractivity contribution in [3.8, 4) is 5.75 Å². The maximum atomic E-state index is 11.9. The number of hydrogen-bond acceptors (Lipinski definition) is 4. The monoisotopic (exact) mass is 318 g/mol. The fourth-order valence-corrected chi connectivity index (χ4v) is 3.64. The summed E-state index contributed by atoms with van der Waals surface area (Å²) in [6.07, 6.45) is 4.72. The number of methoxy groups -OCH3 is 1. The summed E-state index contributed by atoms with van der Waals surface area (Å²) >= 11 is 0. The van der Waals surface area contributed by atoms with Gasteiger partial charge in [-0.15, -0.1) is 0 Å². The summed E-state index contributed by atoms with van der Waals surface area (Å²) in [7, 11) is 1.66. The van der Waals surface area contributed by atoms with E-state index in [4.69, 9.17) is 9.47 Å². The molecule has 0 aromatic heterocycles. The summed E-state index contributed by atoms with van der Waals surface area (Å²) in [5.41, 5.74) is 2.08. The van der Waals surface area contributed by atoms with Crippen LogP contribution in [0.5, 0.6) is 5.75 Å². The van der Waals surface area contributed by atoms with E-state index in [1.165, 1.54) is 5.56 Å². The third-order valence-corrected chi connectivity index (χ3v) is 5.04. The van der Waals surface area contributed by atoms with Gasteiger partial charge >= 0.3 is 5.97 Å². The first-order valence-corrected chi connectivity index (χ1v) is 8.31. The highest BCUT2D eigenvalue weighted by atomic mass is 16.5. The molecule has 0 atom stereocenters. The van der Waals surface area contributed by atoms with Gasteiger partial charge in [-0.3, -0.25) is 4.79 Å². The van der Waals surface area contributed by atoms with Crippen molar-refractivity contribution >= 4 is 12.3 Å². The fraction of sp³-hybridized carbons (Fsp3) is 0.579. The summed E-state index contributed by atoms with van der Waals surface area (Å²) in [6.45, 7) is 4.27. The van der Waals surface area contributed by atoms with Crippen molar-refractivity contribution in [3.63, 3.8) is 0 Å². The SMILES string of the molecule is CCOC(=O)C1CCC(CC=O)(c2ccc(OC)c(C)c2)CC1. The van der Waals surface area contributed by atoms with E-state index in [0.29, 0.717) is 13.0 Å². The Morgan fingerprint density at radius 2 is 2.04 bits per heavy atom. The van der Waals surface area contributed by atoms with Crippen molar-refractivity contribution in [2.24, 2.45) is 5.92 Å². The first kappa shape index (κ1) is 17.5. The van der Waals surface area contributed by atoms with E-state index in [1.807, 2.05) is 19.9 Å². The molecule has 126 valence electrons. The van der Waals surface area contributed by atoms with Gasteiger partial charge in [-0.25, -0.2) is 0 Å². The molecule has 23 heavy (non-hydrogen) atoms. The third-order valence-electron chi connectivity index (χ3n) is 5.04. The van der Waals surface area contributed by atoms with Crippen molar-refractivity contribution in [1.82, 2.24) is 0 Å². The smallest absolute Gasteiger partial charge is 0.308 e. The molecule has 0 bridgehead atoms. The van der Waals surface area contributed by atoms with Gasteiger partial charge in [0.1, 0.15) is 12.0 Å². The lowest BCUT2D eigenvalue weighted by atomic mass is 9.65. The minimum Gasteiger partial charge on any atom is -0.496 e. The van der Waals surface area contributed by atoms with Gasteiger partial charge in [-0.2, -0.15) is 0 Å². The number of aldehydes is 1. The van der Waals surface area contributed by atoms with Crippen molar-refractivity contribution in [2.45, 2.75) is 51.4 Å². The number of aryl methyl sites for hydroxylation is 1. The van der Waals surface area contributed by atoms with Crippen LogP contribution in [0.25, 0.3) is 0 Å². The molecule has 1 aromatic carbocycles. The van der Waals surface area contributed by atoms with Gasteiger partial charge in [0.05, 0.1) is 19.6 Å². The lowest BCUT2D eigenvalue weighted by Crippen LogP contribution is -2.35. The van der Waals surface area contributed by atoms with E-state index in [2.05, 4.69) is 12.1 Å². The standard InChI is InChI=1S/C19H26O4/c1-4-23-18(21)15-7-9-19(10-8-15,11-12-20)16-5-6-17(22-3)14(2)13-16/h5-6,12-13,15H,4,7-11H2,1-3H3. The van der Waals surface area contributed by atoms with E-state index in [-0.39, 0.29) is 17.3 Å². The second-order valence-electron chi connectivity index (χ2n) is 6.36. The summed E-state index contributed by atoms with van der Waals surface area (Å²) < 4.78 is 10.5. The van der Waals surface area contributed by atoms with Crippen LogP contribution in [0, 0.1) is 12.8 Å². The summed E-state index contributed by atoms with van der Waals surface area (Å²) in [4.78, 5) is 23.2. The average molecular weight is 318 g/mol. The van der Waals surface area contributed by atoms with Crippen LogP contribution in [0.1, 0.15) is 50.2 Å². The molecule has 1 fully saturated rings. The van der Waals surface area contributed by atoms with Gasteiger partial charge in [0.2, 0.25) is 0 Å². The zero-order valence-electron chi connectivity index (χ0n) is 14.3. The number of rotatable bonds is 6. The molecule has 0 heterocycles. The molecule has 2 rings (SSSR count). The van der Waals surface area contributed by atoms with E-state index in [9.17, 15) is 9.59 Å². The fourth-order valence-electron chi connectivity index (χ4n) is 3.64. The minimum atomic E-state index is -0.165. The highest BCUT2D eigenvalue weighted by Crippen LogP contribution is 2.44. The highest BCUT2D eigenvalue weighted by Gasteiger charge is 2.39. The molecular weight excluding hydrogens is 292 g/mol. The number of esters is 1. The number of hydrogen-bond donors (Lipinski definition) is 0. The molecule has 0 N–H and O–H groups in total. The lowest BCUT2D eigenvalue weighted by Gasteiger charge is -2.39. The molecule has 4 nitrogen and oxygen atoms in total. The maximum absolute atomic E-state index is 11.9. The largest absolute Gasteiger partial charge is 0.496 e. The second-order valence-corrected chi connectivity index (χ2v) is 6.36. The molecule has 0 amide bonds. The van der Waals surface area contributed by atoms with E-state index >= 15 is 0 Å². The lowest BCUT2D eigenvalue weighted by molar-refractivity contribution is -0.149. The average Bonchev–Trinajstić information content (AvgIpc) is 2.56. The third kappa shape index (κ3) is 3.74. The van der Waals surface area contributed by atoms with Crippen LogP contribution >= 0.6 is 0 Å². The topological polar surface area (TPSA) is 52.6 Å². The maximum Gasteiger partial charge on any atom is 0.308 e. The van der Waals surface area contributed by atoms with Gasteiger partial charge in [-0.05, 0) is 56.7 Å². The predicted molar refractivity (Wildman–Crippen MR) is 88.7 cm³/mol. The summed E-state index contributed by atoms with van der Waals surface area (Å²) in [5.74, 6) is 0.724. The van der Waals surface area contributed by atoms with Crippen LogP contribution in [-0.4, -0.2) is 26.0 Å². The molecule has 0 aliphatic heterocycles. The molecule has 1 aliphatic rings. The Kier molecular flexibility index (Phi) is 5.80. The van der Waals surface area contributed by atoms with Crippen LogP contribution in [0.4, 0.5) is 0 Å². The highest BCUT2D eigenvalue weighted by molar-refractivity contribution is 5.72. The van der Waals surface area contributed by atoms with Crippen LogP contribution in [0.15, 0.2) is 18.2 Å². The Morgan fingerprint density at radius 1 is 1.35 bits per heavy atom. The number of ether oxygens (including phenoxy) is 2. The number of carbonyl (C=O) groups excluding carboxylic acids is 2. The molecule has 0 unspecified atom stereocenters. The number of benzene rings is 1. The summed E-state index contributed by atoms with van der Waals surface area (Å²) in [6, 6.07) is 6.14. The normalized spacial score (nSPS) is 24.0. The van der Waals surface area contributed by atoms with Crippen LogP contribution in [0.2, 0.25) is 0 Å². The Morgan fingerprint density at radius 3 is 2.57 bits per heavy atom. The molecular formula is C19H26O4. The van der Waals surface area contributed by atoms with Crippen LogP contribution in [-0.2, 0) is 19.7 Å². The molecule has 1 aliphatic carbocycles. The van der Waals surface area contributed by atoms with Crippen molar-refractivity contribution in [1.29, 1.82) is 0 Å². The quantitative estimate of drug-likeness (QED) is 0.594. The minimum absolute atomic E-state index is 0.0333. The van der Waals surface area contributed by atoms with E-state index in [0.717, 1.165) is 43.3 Å². The molecule has 0 spiro atoms. The van der Waals surface area contributed by atoms with Crippen LogP contribution in [0.3, 0.4) is 0 Å². The Balaban J connectivity index is 2.20. The second kappa shape index (κ2) is 7.62. The molecule has 1 saturated carbocycles.